The number of benzene rings is 1. The summed E-state index contributed by atoms with van der Waals surface area (Å²) < 4.78 is 19.9. The summed E-state index contributed by atoms with van der Waals surface area (Å²) in [6.45, 7) is 1.81. The van der Waals surface area contributed by atoms with Crippen LogP contribution in [-0.2, 0) is 6.42 Å². The second-order valence-corrected chi connectivity index (χ2v) is 4.35. The monoisotopic (exact) mass is 311 g/mol. The SMILES string of the molecule is CCc1ncnc(Oc2cccc(N)c2Br)c1F. The van der Waals surface area contributed by atoms with E-state index in [9.17, 15) is 4.39 Å². The lowest BCUT2D eigenvalue weighted by Gasteiger charge is -2.09. The van der Waals surface area contributed by atoms with Crippen molar-refractivity contribution in [2.24, 2.45) is 0 Å². The molecule has 4 nitrogen and oxygen atoms in total. The van der Waals surface area contributed by atoms with Crippen LogP contribution in [0.1, 0.15) is 12.6 Å². The van der Waals surface area contributed by atoms with Crippen LogP contribution in [0.15, 0.2) is 29.0 Å². The first kappa shape index (κ1) is 12.8. The first-order chi connectivity index (χ1) is 8.63. The van der Waals surface area contributed by atoms with Crippen molar-refractivity contribution in [1.82, 2.24) is 9.97 Å². The van der Waals surface area contributed by atoms with E-state index < -0.39 is 5.82 Å². The summed E-state index contributed by atoms with van der Waals surface area (Å²) in [5.74, 6) is -0.239. The summed E-state index contributed by atoms with van der Waals surface area (Å²) in [6, 6.07) is 5.10. The number of nitrogens with zero attached hydrogens (tertiary/aromatic N) is 2. The van der Waals surface area contributed by atoms with E-state index in [1.807, 2.05) is 6.92 Å². The van der Waals surface area contributed by atoms with Gasteiger partial charge in [0.2, 0.25) is 5.82 Å². The highest BCUT2D eigenvalue weighted by Gasteiger charge is 2.13. The van der Waals surface area contributed by atoms with Gasteiger partial charge in [0.15, 0.2) is 0 Å². The van der Waals surface area contributed by atoms with Crippen molar-refractivity contribution >= 4 is 21.6 Å². The summed E-state index contributed by atoms with van der Waals surface area (Å²) in [6.07, 6.45) is 1.75. The fraction of sp³-hybridized carbons (Fsp3) is 0.167. The van der Waals surface area contributed by atoms with Gasteiger partial charge in [-0.05, 0) is 34.5 Å². The maximum absolute atomic E-state index is 13.9. The molecule has 6 heteroatoms. The highest BCUT2D eigenvalue weighted by molar-refractivity contribution is 9.10. The summed E-state index contributed by atoms with van der Waals surface area (Å²) in [5.41, 5.74) is 6.55. The highest BCUT2D eigenvalue weighted by atomic mass is 79.9. The number of anilines is 1. The summed E-state index contributed by atoms with van der Waals surface area (Å²) >= 11 is 3.28. The van der Waals surface area contributed by atoms with Crippen molar-refractivity contribution in [1.29, 1.82) is 0 Å². The van der Waals surface area contributed by atoms with Crippen molar-refractivity contribution in [2.45, 2.75) is 13.3 Å². The molecule has 2 N–H and O–H groups in total. The Hall–Kier alpha value is -1.69. The first-order valence-electron chi connectivity index (χ1n) is 5.34. The predicted molar refractivity (Wildman–Crippen MR) is 70.0 cm³/mol. The average molecular weight is 312 g/mol. The normalized spacial score (nSPS) is 10.4. The van der Waals surface area contributed by atoms with E-state index in [4.69, 9.17) is 10.5 Å². The lowest BCUT2D eigenvalue weighted by Crippen LogP contribution is -2.00. The van der Waals surface area contributed by atoms with Gasteiger partial charge in [-0.25, -0.2) is 4.98 Å². The topological polar surface area (TPSA) is 61.0 Å². The summed E-state index contributed by atoms with van der Waals surface area (Å²) in [7, 11) is 0. The molecule has 94 valence electrons. The van der Waals surface area contributed by atoms with Gasteiger partial charge in [-0.3, -0.25) is 0 Å². The fourth-order valence-electron chi connectivity index (χ4n) is 1.42. The standard InChI is InChI=1S/C12H11BrFN3O/c1-2-8-11(14)12(17-6-16-8)18-9-5-3-4-7(15)10(9)13/h3-6H,2,15H2,1H3. The van der Waals surface area contributed by atoms with E-state index in [1.165, 1.54) is 6.33 Å². The third-order valence-corrected chi connectivity index (χ3v) is 3.21. The van der Waals surface area contributed by atoms with Gasteiger partial charge < -0.3 is 10.5 Å². The molecule has 0 amide bonds. The van der Waals surface area contributed by atoms with E-state index in [0.717, 1.165) is 0 Å². The van der Waals surface area contributed by atoms with Crippen LogP contribution in [0.3, 0.4) is 0 Å². The Morgan fingerprint density at radius 3 is 2.89 bits per heavy atom. The number of nitrogen functional groups attached to an aromatic ring is 1. The number of aromatic nitrogens is 2. The number of halogens is 2. The lowest BCUT2D eigenvalue weighted by atomic mass is 10.3. The summed E-state index contributed by atoms with van der Waals surface area (Å²) in [5, 5.41) is 0. The number of rotatable bonds is 3. The minimum Gasteiger partial charge on any atom is -0.435 e. The highest BCUT2D eigenvalue weighted by Crippen LogP contribution is 2.34. The molecule has 1 heterocycles. The Morgan fingerprint density at radius 2 is 2.17 bits per heavy atom. The summed E-state index contributed by atoms with van der Waals surface area (Å²) in [4.78, 5) is 7.62. The predicted octanol–water partition coefficient (Wildman–Crippen LogP) is 3.32. The quantitative estimate of drug-likeness (QED) is 0.883. The Bertz CT molecular complexity index is 577. The Morgan fingerprint density at radius 1 is 1.39 bits per heavy atom. The van der Waals surface area contributed by atoms with Crippen LogP contribution in [0, 0.1) is 5.82 Å². The molecular weight excluding hydrogens is 301 g/mol. The van der Waals surface area contributed by atoms with E-state index in [2.05, 4.69) is 25.9 Å². The van der Waals surface area contributed by atoms with E-state index >= 15 is 0 Å². The second kappa shape index (κ2) is 5.30. The molecule has 0 aliphatic heterocycles. The molecule has 0 bridgehead atoms. The van der Waals surface area contributed by atoms with Gasteiger partial charge in [-0.15, -0.1) is 0 Å². The fourth-order valence-corrected chi connectivity index (χ4v) is 1.76. The Labute approximate surface area is 112 Å². The third-order valence-electron chi connectivity index (χ3n) is 2.36. The van der Waals surface area contributed by atoms with Gasteiger partial charge >= 0.3 is 0 Å². The molecular formula is C12H11BrFN3O. The van der Waals surface area contributed by atoms with Crippen molar-refractivity contribution in [2.75, 3.05) is 5.73 Å². The molecule has 0 aliphatic rings. The molecule has 0 spiro atoms. The van der Waals surface area contributed by atoms with Gasteiger partial charge in [0.05, 0.1) is 10.2 Å². The average Bonchev–Trinajstić information content (AvgIpc) is 2.37. The zero-order valence-electron chi connectivity index (χ0n) is 9.65. The van der Waals surface area contributed by atoms with E-state index in [-0.39, 0.29) is 5.88 Å². The minimum absolute atomic E-state index is 0.104. The van der Waals surface area contributed by atoms with E-state index in [1.54, 1.807) is 18.2 Å². The molecule has 0 fully saturated rings. The maximum atomic E-state index is 13.9. The zero-order valence-corrected chi connectivity index (χ0v) is 11.2. The van der Waals surface area contributed by atoms with E-state index in [0.29, 0.717) is 28.0 Å². The van der Waals surface area contributed by atoms with Crippen LogP contribution in [0.25, 0.3) is 0 Å². The largest absolute Gasteiger partial charge is 0.435 e. The molecule has 1 aromatic carbocycles. The van der Waals surface area contributed by atoms with Crippen LogP contribution in [0.2, 0.25) is 0 Å². The minimum atomic E-state index is -0.547. The van der Waals surface area contributed by atoms with Crippen LogP contribution in [0.4, 0.5) is 10.1 Å². The van der Waals surface area contributed by atoms with Crippen molar-refractivity contribution in [3.8, 4) is 11.6 Å². The molecule has 1 aromatic heterocycles. The lowest BCUT2D eigenvalue weighted by molar-refractivity contribution is 0.413. The van der Waals surface area contributed by atoms with Crippen LogP contribution >= 0.6 is 15.9 Å². The van der Waals surface area contributed by atoms with Gasteiger partial charge in [0.1, 0.15) is 12.1 Å². The molecule has 0 aliphatic carbocycles. The second-order valence-electron chi connectivity index (χ2n) is 3.55. The molecule has 2 rings (SSSR count). The van der Waals surface area contributed by atoms with Gasteiger partial charge in [-0.1, -0.05) is 13.0 Å². The molecule has 0 unspecified atom stereocenters. The van der Waals surface area contributed by atoms with Crippen LogP contribution < -0.4 is 10.5 Å². The zero-order chi connectivity index (χ0) is 13.1. The number of aryl methyl sites for hydroxylation is 1. The molecule has 0 atom stereocenters. The van der Waals surface area contributed by atoms with Crippen molar-refractivity contribution in [3.05, 3.63) is 40.5 Å². The van der Waals surface area contributed by atoms with Gasteiger partial charge in [-0.2, -0.15) is 9.37 Å². The Balaban J connectivity index is 2.37. The number of hydrogen-bond donors (Lipinski definition) is 1. The number of ether oxygens (including phenoxy) is 1. The third kappa shape index (κ3) is 2.43. The molecule has 0 saturated heterocycles. The van der Waals surface area contributed by atoms with Crippen LogP contribution in [-0.4, -0.2) is 9.97 Å². The molecule has 0 radical (unpaired) electrons. The Kier molecular flexibility index (Phi) is 3.76. The van der Waals surface area contributed by atoms with Gasteiger partial charge in [0.25, 0.3) is 5.88 Å². The smallest absolute Gasteiger partial charge is 0.259 e. The molecule has 18 heavy (non-hydrogen) atoms. The first-order valence-corrected chi connectivity index (χ1v) is 6.14. The van der Waals surface area contributed by atoms with Crippen molar-refractivity contribution in [3.63, 3.8) is 0 Å². The van der Waals surface area contributed by atoms with Crippen LogP contribution in [0.5, 0.6) is 11.6 Å². The molecule has 0 saturated carbocycles. The number of hydrogen-bond acceptors (Lipinski definition) is 4. The number of nitrogens with two attached hydrogens (primary N) is 1. The van der Waals surface area contributed by atoms with Gasteiger partial charge in [0, 0.05) is 5.69 Å². The molecule has 2 aromatic rings. The maximum Gasteiger partial charge on any atom is 0.259 e. The van der Waals surface area contributed by atoms with Crippen molar-refractivity contribution < 1.29 is 9.13 Å².